The molecule has 1 atom stereocenters. The topological polar surface area (TPSA) is 35.2 Å². The number of ether oxygens (including phenoxy) is 1. The Morgan fingerprint density at radius 2 is 1.90 bits per heavy atom. The summed E-state index contributed by atoms with van der Waals surface area (Å²) in [6, 6.07) is 13.2. The van der Waals surface area contributed by atoms with Crippen molar-refractivity contribution in [3.05, 3.63) is 42.0 Å². The Morgan fingerprint density at radius 3 is 2.65 bits per heavy atom. The lowest BCUT2D eigenvalue weighted by Crippen LogP contribution is -2.21. The van der Waals surface area contributed by atoms with E-state index in [1.807, 2.05) is 0 Å². The third kappa shape index (κ3) is 3.31. The SMILES string of the molecule is CCC(N)Cc1ccc2cc(OCC3CC3)ccc2c1. The van der Waals surface area contributed by atoms with Crippen LogP contribution in [0.5, 0.6) is 5.75 Å². The first-order valence-electron chi connectivity index (χ1n) is 7.65. The smallest absolute Gasteiger partial charge is 0.119 e. The molecule has 2 heteroatoms. The number of nitrogens with two attached hydrogens (primary N) is 1. The second-order valence-corrected chi connectivity index (χ2v) is 5.97. The van der Waals surface area contributed by atoms with Crippen LogP contribution in [0.25, 0.3) is 10.8 Å². The Bertz CT molecular complexity index is 589. The molecule has 2 aromatic carbocycles. The highest BCUT2D eigenvalue weighted by molar-refractivity contribution is 5.84. The van der Waals surface area contributed by atoms with Gasteiger partial charge in [-0.15, -0.1) is 0 Å². The Morgan fingerprint density at radius 1 is 1.15 bits per heavy atom. The minimum absolute atomic E-state index is 0.258. The summed E-state index contributed by atoms with van der Waals surface area (Å²) in [4.78, 5) is 0. The standard InChI is InChI=1S/C18H23NO/c1-2-17(19)10-14-5-6-16-11-18(8-7-15(16)9-14)20-12-13-3-4-13/h5-9,11,13,17H,2-4,10,12,19H2,1H3. The number of rotatable bonds is 6. The molecule has 1 unspecified atom stereocenters. The molecule has 1 aliphatic carbocycles. The molecule has 20 heavy (non-hydrogen) atoms. The van der Waals surface area contributed by atoms with E-state index in [9.17, 15) is 0 Å². The van der Waals surface area contributed by atoms with Crippen LogP contribution in [0.2, 0.25) is 0 Å². The second kappa shape index (κ2) is 5.84. The summed E-state index contributed by atoms with van der Waals surface area (Å²) in [7, 11) is 0. The van der Waals surface area contributed by atoms with Gasteiger partial charge in [0, 0.05) is 6.04 Å². The second-order valence-electron chi connectivity index (χ2n) is 5.97. The summed E-state index contributed by atoms with van der Waals surface area (Å²) in [6.07, 6.45) is 4.63. The van der Waals surface area contributed by atoms with Crippen molar-refractivity contribution in [1.29, 1.82) is 0 Å². The third-order valence-electron chi connectivity index (χ3n) is 4.08. The van der Waals surface area contributed by atoms with E-state index in [0.717, 1.165) is 31.1 Å². The minimum Gasteiger partial charge on any atom is -0.493 e. The summed E-state index contributed by atoms with van der Waals surface area (Å²) in [5, 5.41) is 2.51. The Balaban J connectivity index is 1.75. The third-order valence-corrected chi connectivity index (χ3v) is 4.08. The van der Waals surface area contributed by atoms with Crippen LogP contribution in [0.4, 0.5) is 0 Å². The monoisotopic (exact) mass is 269 g/mol. The fraction of sp³-hybridized carbons (Fsp3) is 0.444. The van der Waals surface area contributed by atoms with Gasteiger partial charge in [0.05, 0.1) is 6.61 Å². The highest BCUT2D eigenvalue weighted by Crippen LogP contribution is 2.30. The minimum atomic E-state index is 0.258. The van der Waals surface area contributed by atoms with Gasteiger partial charge in [-0.1, -0.05) is 31.2 Å². The quantitative estimate of drug-likeness (QED) is 0.863. The van der Waals surface area contributed by atoms with Gasteiger partial charge in [-0.25, -0.2) is 0 Å². The van der Waals surface area contributed by atoms with Crippen LogP contribution in [0, 0.1) is 5.92 Å². The fourth-order valence-electron chi connectivity index (χ4n) is 2.44. The van der Waals surface area contributed by atoms with Gasteiger partial charge < -0.3 is 10.5 Å². The van der Waals surface area contributed by atoms with Crippen LogP contribution in [-0.2, 0) is 6.42 Å². The average molecular weight is 269 g/mol. The molecule has 1 fully saturated rings. The summed E-state index contributed by atoms with van der Waals surface area (Å²) in [5.74, 6) is 1.78. The van der Waals surface area contributed by atoms with E-state index in [1.54, 1.807) is 0 Å². The van der Waals surface area contributed by atoms with Crippen molar-refractivity contribution in [2.75, 3.05) is 6.61 Å². The van der Waals surface area contributed by atoms with Crippen molar-refractivity contribution in [2.24, 2.45) is 11.7 Å². The molecular formula is C18H23NO. The van der Waals surface area contributed by atoms with E-state index < -0.39 is 0 Å². The van der Waals surface area contributed by atoms with Gasteiger partial charge in [-0.3, -0.25) is 0 Å². The number of hydrogen-bond acceptors (Lipinski definition) is 2. The molecule has 0 aromatic heterocycles. The predicted octanol–water partition coefficient (Wildman–Crippen LogP) is 3.91. The van der Waals surface area contributed by atoms with E-state index in [2.05, 4.69) is 43.3 Å². The van der Waals surface area contributed by atoms with Gasteiger partial charge in [0.15, 0.2) is 0 Å². The molecule has 0 radical (unpaired) electrons. The molecule has 2 nitrogen and oxygen atoms in total. The number of fused-ring (bicyclic) bond motifs is 1. The lowest BCUT2D eigenvalue weighted by molar-refractivity contribution is 0.300. The molecule has 0 spiro atoms. The fourth-order valence-corrected chi connectivity index (χ4v) is 2.44. The highest BCUT2D eigenvalue weighted by Gasteiger charge is 2.21. The van der Waals surface area contributed by atoms with Crippen molar-refractivity contribution < 1.29 is 4.74 Å². The van der Waals surface area contributed by atoms with Crippen LogP contribution in [0.1, 0.15) is 31.7 Å². The zero-order valence-corrected chi connectivity index (χ0v) is 12.1. The van der Waals surface area contributed by atoms with Crippen molar-refractivity contribution in [1.82, 2.24) is 0 Å². The summed E-state index contributed by atoms with van der Waals surface area (Å²) < 4.78 is 5.83. The van der Waals surface area contributed by atoms with Crippen LogP contribution < -0.4 is 10.5 Å². The maximum atomic E-state index is 6.03. The van der Waals surface area contributed by atoms with Crippen molar-refractivity contribution in [3.63, 3.8) is 0 Å². The normalized spacial score (nSPS) is 16.3. The van der Waals surface area contributed by atoms with Crippen molar-refractivity contribution >= 4 is 10.8 Å². The molecule has 2 N–H and O–H groups in total. The molecule has 2 aromatic rings. The van der Waals surface area contributed by atoms with Crippen LogP contribution in [0.3, 0.4) is 0 Å². The Kier molecular flexibility index (Phi) is 3.93. The van der Waals surface area contributed by atoms with Gasteiger partial charge >= 0.3 is 0 Å². The zero-order valence-electron chi connectivity index (χ0n) is 12.1. The van der Waals surface area contributed by atoms with Gasteiger partial charge in [0.25, 0.3) is 0 Å². The first-order valence-corrected chi connectivity index (χ1v) is 7.65. The van der Waals surface area contributed by atoms with Crippen molar-refractivity contribution in [2.45, 2.75) is 38.6 Å². The molecule has 3 rings (SSSR count). The molecule has 1 saturated carbocycles. The van der Waals surface area contributed by atoms with Gasteiger partial charge in [0.2, 0.25) is 0 Å². The first-order chi connectivity index (χ1) is 9.74. The van der Waals surface area contributed by atoms with E-state index >= 15 is 0 Å². The molecule has 1 aliphatic rings. The Hall–Kier alpha value is -1.54. The number of benzene rings is 2. The van der Waals surface area contributed by atoms with Gasteiger partial charge in [-0.2, -0.15) is 0 Å². The zero-order chi connectivity index (χ0) is 13.9. The molecule has 0 aliphatic heterocycles. The lowest BCUT2D eigenvalue weighted by atomic mass is 10.0. The molecular weight excluding hydrogens is 246 g/mol. The van der Waals surface area contributed by atoms with E-state index in [1.165, 1.54) is 29.2 Å². The Labute approximate surface area is 120 Å². The largest absolute Gasteiger partial charge is 0.493 e. The van der Waals surface area contributed by atoms with Crippen LogP contribution in [0.15, 0.2) is 36.4 Å². The molecule has 0 heterocycles. The average Bonchev–Trinajstić information content (AvgIpc) is 3.29. The number of hydrogen-bond donors (Lipinski definition) is 1. The maximum absolute atomic E-state index is 6.03. The first kappa shape index (κ1) is 13.4. The van der Waals surface area contributed by atoms with E-state index in [4.69, 9.17) is 10.5 Å². The van der Waals surface area contributed by atoms with Gasteiger partial charge in [-0.05, 0) is 60.1 Å². The van der Waals surface area contributed by atoms with E-state index in [-0.39, 0.29) is 6.04 Å². The van der Waals surface area contributed by atoms with E-state index in [0.29, 0.717) is 0 Å². The molecule has 0 saturated heterocycles. The van der Waals surface area contributed by atoms with Crippen molar-refractivity contribution in [3.8, 4) is 5.75 Å². The summed E-state index contributed by atoms with van der Waals surface area (Å²) >= 11 is 0. The summed E-state index contributed by atoms with van der Waals surface area (Å²) in [6.45, 7) is 3.00. The molecule has 0 amide bonds. The summed E-state index contributed by atoms with van der Waals surface area (Å²) in [5.41, 5.74) is 7.34. The van der Waals surface area contributed by atoms with Crippen LogP contribution in [-0.4, -0.2) is 12.6 Å². The predicted molar refractivity (Wildman–Crippen MR) is 84.1 cm³/mol. The molecule has 106 valence electrons. The molecule has 0 bridgehead atoms. The highest BCUT2D eigenvalue weighted by atomic mass is 16.5. The maximum Gasteiger partial charge on any atom is 0.119 e. The van der Waals surface area contributed by atoms with Crippen LogP contribution >= 0.6 is 0 Å². The lowest BCUT2D eigenvalue weighted by Gasteiger charge is -2.10. The van der Waals surface area contributed by atoms with Gasteiger partial charge in [0.1, 0.15) is 5.75 Å².